The van der Waals surface area contributed by atoms with Gasteiger partial charge in [-0.2, -0.15) is 4.31 Å². The molecular weight excluding hydrogens is 312 g/mol. The van der Waals surface area contributed by atoms with Gasteiger partial charge in [-0.15, -0.1) is 10.2 Å². The first-order valence-corrected chi connectivity index (χ1v) is 9.63. The zero-order valence-electron chi connectivity index (χ0n) is 13.0. The van der Waals surface area contributed by atoms with Crippen LogP contribution in [0.1, 0.15) is 31.5 Å². The van der Waals surface area contributed by atoms with Gasteiger partial charge in [-0.05, 0) is 49.9 Å². The highest BCUT2D eigenvalue weighted by Crippen LogP contribution is 2.26. The van der Waals surface area contributed by atoms with Crippen molar-refractivity contribution in [2.24, 2.45) is 0 Å². The first-order valence-electron chi connectivity index (χ1n) is 8.19. The molecule has 0 spiro atoms. The maximum atomic E-state index is 12.6. The highest BCUT2D eigenvalue weighted by molar-refractivity contribution is 7.89. The second-order valence-corrected chi connectivity index (χ2v) is 8.12. The van der Waals surface area contributed by atoms with Crippen LogP contribution in [0, 0.1) is 0 Å². The zero-order chi connectivity index (χ0) is 15.9. The Morgan fingerprint density at radius 1 is 0.870 bits per heavy atom. The van der Waals surface area contributed by atoms with Crippen LogP contribution in [0.3, 0.4) is 0 Å². The van der Waals surface area contributed by atoms with Crippen LogP contribution in [0.15, 0.2) is 29.2 Å². The van der Waals surface area contributed by atoms with E-state index in [9.17, 15) is 8.42 Å². The van der Waals surface area contributed by atoms with Gasteiger partial charge in [-0.25, -0.2) is 8.42 Å². The normalized spacial score (nSPS) is 19.0. The van der Waals surface area contributed by atoms with Crippen molar-refractivity contribution in [3.8, 4) is 11.4 Å². The summed E-state index contributed by atoms with van der Waals surface area (Å²) in [6.07, 6.45) is 5.16. The third-order valence-corrected chi connectivity index (χ3v) is 6.59. The molecule has 1 aromatic heterocycles. The van der Waals surface area contributed by atoms with Crippen molar-refractivity contribution in [2.75, 3.05) is 13.1 Å². The summed E-state index contributed by atoms with van der Waals surface area (Å²) in [7, 11) is -3.35. The molecule has 0 atom stereocenters. The molecule has 4 rings (SSSR count). The highest BCUT2D eigenvalue weighted by atomic mass is 32.2. The van der Waals surface area contributed by atoms with E-state index in [0.717, 1.165) is 55.9 Å². The number of fused-ring (bicyclic) bond motifs is 1. The third-order valence-electron chi connectivity index (χ3n) is 4.67. The molecule has 1 saturated heterocycles. The molecule has 1 fully saturated rings. The number of rotatable bonds is 3. The van der Waals surface area contributed by atoms with Crippen molar-refractivity contribution in [3.63, 3.8) is 0 Å². The fourth-order valence-corrected chi connectivity index (χ4v) is 4.89. The van der Waals surface area contributed by atoms with Crippen molar-refractivity contribution in [1.82, 2.24) is 19.1 Å². The minimum absolute atomic E-state index is 0.363. The first-order chi connectivity index (χ1) is 11.2. The van der Waals surface area contributed by atoms with Crippen LogP contribution < -0.4 is 0 Å². The topological polar surface area (TPSA) is 68.1 Å². The van der Waals surface area contributed by atoms with Crippen LogP contribution in [0.2, 0.25) is 0 Å². The van der Waals surface area contributed by atoms with E-state index in [4.69, 9.17) is 0 Å². The number of sulfonamides is 1. The molecule has 2 aliphatic heterocycles. The van der Waals surface area contributed by atoms with Crippen molar-refractivity contribution in [2.45, 2.75) is 43.5 Å². The molecule has 2 aromatic rings. The minimum atomic E-state index is -3.35. The summed E-state index contributed by atoms with van der Waals surface area (Å²) in [6, 6.07) is 7.06. The Labute approximate surface area is 136 Å². The molecule has 7 heteroatoms. The molecule has 23 heavy (non-hydrogen) atoms. The molecule has 0 unspecified atom stereocenters. The Kier molecular flexibility index (Phi) is 3.69. The lowest BCUT2D eigenvalue weighted by molar-refractivity contribution is 0.477. The van der Waals surface area contributed by atoms with Gasteiger partial charge in [0.1, 0.15) is 5.82 Å². The molecule has 1 aromatic carbocycles. The predicted molar refractivity (Wildman–Crippen MR) is 86.4 cm³/mol. The molecule has 0 bridgehead atoms. The van der Waals surface area contributed by atoms with Gasteiger partial charge in [0.05, 0.1) is 4.90 Å². The van der Waals surface area contributed by atoms with E-state index < -0.39 is 10.0 Å². The molecule has 3 heterocycles. The number of hydrogen-bond acceptors (Lipinski definition) is 4. The molecule has 0 aliphatic carbocycles. The van der Waals surface area contributed by atoms with E-state index in [2.05, 4.69) is 14.8 Å². The van der Waals surface area contributed by atoms with E-state index in [1.54, 1.807) is 16.4 Å². The summed E-state index contributed by atoms with van der Waals surface area (Å²) in [6.45, 7) is 2.19. The van der Waals surface area contributed by atoms with Gasteiger partial charge < -0.3 is 4.57 Å². The average Bonchev–Trinajstić information content (AvgIpc) is 3.25. The number of nitrogens with zero attached hydrogens (tertiary/aromatic N) is 4. The van der Waals surface area contributed by atoms with E-state index >= 15 is 0 Å². The van der Waals surface area contributed by atoms with Gasteiger partial charge in [0.2, 0.25) is 10.0 Å². The Balaban J connectivity index is 1.65. The average molecular weight is 332 g/mol. The highest BCUT2D eigenvalue weighted by Gasteiger charge is 2.27. The smallest absolute Gasteiger partial charge is 0.243 e. The minimum Gasteiger partial charge on any atom is -0.311 e. The quantitative estimate of drug-likeness (QED) is 0.863. The van der Waals surface area contributed by atoms with Crippen LogP contribution in [-0.2, 0) is 23.0 Å². The maximum absolute atomic E-state index is 12.6. The van der Waals surface area contributed by atoms with Crippen molar-refractivity contribution in [3.05, 3.63) is 30.1 Å². The van der Waals surface area contributed by atoms with Gasteiger partial charge in [0, 0.05) is 31.6 Å². The van der Waals surface area contributed by atoms with Crippen molar-refractivity contribution < 1.29 is 8.42 Å². The predicted octanol–water partition coefficient (Wildman–Crippen LogP) is 2.07. The summed E-state index contributed by atoms with van der Waals surface area (Å²) < 4.78 is 28.8. The van der Waals surface area contributed by atoms with Crippen LogP contribution in [0.4, 0.5) is 0 Å². The van der Waals surface area contributed by atoms with Crippen molar-refractivity contribution in [1.29, 1.82) is 0 Å². The van der Waals surface area contributed by atoms with Gasteiger partial charge in [0.15, 0.2) is 5.82 Å². The Bertz CT molecular complexity index is 805. The largest absolute Gasteiger partial charge is 0.311 e. The Morgan fingerprint density at radius 3 is 2.30 bits per heavy atom. The summed E-state index contributed by atoms with van der Waals surface area (Å²) in [5.74, 6) is 1.87. The second kappa shape index (κ2) is 5.72. The van der Waals surface area contributed by atoms with Gasteiger partial charge >= 0.3 is 0 Å². The number of benzene rings is 1. The van der Waals surface area contributed by atoms with E-state index in [1.165, 1.54) is 0 Å². The van der Waals surface area contributed by atoms with Gasteiger partial charge in [-0.3, -0.25) is 0 Å². The molecule has 0 N–H and O–H groups in total. The number of aryl methyl sites for hydroxylation is 1. The van der Waals surface area contributed by atoms with Crippen LogP contribution in [0.25, 0.3) is 11.4 Å². The number of hydrogen-bond donors (Lipinski definition) is 0. The first kappa shape index (κ1) is 14.8. The Morgan fingerprint density at radius 2 is 1.57 bits per heavy atom. The van der Waals surface area contributed by atoms with Crippen LogP contribution in [0.5, 0.6) is 0 Å². The van der Waals surface area contributed by atoms with E-state index in [1.807, 2.05) is 12.1 Å². The maximum Gasteiger partial charge on any atom is 0.243 e. The molecule has 0 amide bonds. The molecule has 2 aliphatic rings. The molecule has 0 radical (unpaired) electrons. The van der Waals surface area contributed by atoms with E-state index in [-0.39, 0.29) is 0 Å². The second-order valence-electron chi connectivity index (χ2n) is 6.18. The lowest BCUT2D eigenvalue weighted by atomic mass is 10.1. The van der Waals surface area contributed by atoms with Gasteiger partial charge in [-0.1, -0.05) is 0 Å². The summed E-state index contributed by atoms with van der Waals surface area (Å²) in [5, 5.41) is 8.54. The SMILES string of the molecule is O=S(=O)(c1ccc(-c2nnc3n2CCCC3)cc1)N1CCCC1. The molecule has 122 valence electrons. The summed E-state index contributed by atoms with van der Waals surface area (Å²) in [4.78, 5) is 0.363. The van der Waals surface area contributed by atoms with E-state index in [0.29, 0.717) is 18.0 Å². The number of aromatic nitrogens is 3. The van der Waals surface area contributed by atoms with Crippen molar-refractivity contribution >= 4 is 10.0 Å². The Hall–Kier alpha value is -1.73. The fourth-order valence-electron chi connectivity index (χ4n) is 3.38. The lowest BCUT2D eigenvalue weighted by Crippen LogP contribution is -2.27. The fraction of sp³-hybridized carbons (Fsp3) is 0.500. The molecule has 0 saturated carbocycles. The standard InChI is InChI=1S/C16H20N4O2S/c21-23(22,19-10-3-4-11-19)14-8-6-13(7-9-14)16-18-17-15-5-1-2-12-20(15)16/h6-9H,1-5,10-12H2. The van der Waals surface area contributed by atoms with Crippen LogP contribution >= 0.6 is 0 Å². The lowest BCUT2D eigenvalue weighted by Gasteiger charge is -2.16. The van der Waals surface area contributed by atoms with Gasteiger partial charge in [0.25, 0.3) is 0 Å². The van der Waals surface area contributed by atoms with Crippen LogP contribution in [-0.4, -0.2) is 40.6 Å². The summed E-state index contributed by atoms with van der Waals surface area (Å²) in [5.41, 5.74) is 0.922. The summed E-state index contributed by atoms with van der Waals surface area (Å²) >= 11 is 0. The molecular formula is C16H20N4O2S. The molecule has 6 nitrogen and oxygen atoms in total. The zero-order valence-corrected chi connectivity index (χ0v) is 13.8. The monoisotopic (exact) mass is 332 g/mol. The third kappa shape index (κ3) is 2.57.